The van der Waals surface area contributed by atoms with E-state index in [4.69, 9.17) is 16.3 Å². The summed E-state index contributed by atoms with van der Waals surface area (Å²) < 4.78 is 6.12. The van der Waals surface area contributed by atoms with Gasteiger partial charge in [-0.2, -0.15) is 0 Å². The molecule has 1 rings (SSSR count). The zero-order valence-corrected chi connectivity index (χ0v) is 17.8. The monoisotopic (exact) mass is 366 g/mol. The minimum Gasteiger partial charge on any atom is -0.481 e. The Kier molecular flexibility index (Phi) is 7.99. The van der Waals surface area contributed by atoms with Crippen molar-refractivity contribution in [3.05, 3.63) is 29.3 Å². The fourth-order valence-electron chi connectivity index (χ4n) is 2.74. The van der Waals surface area contributed by atoms with Gasteiger partial charge in [0.2, 0.25) is 0 Å². The Labute approximate surface area is 159 Å². The maximum absolute atomic E-state index is 11.8. The summed E-state index contributed by atoms with van der Waals surface area (Å²) in [6, 6.07) is 6.42. The zero-order valence-electron chi connectivity index (χ0n) is 17.0. The number of benzene rings is 1. The molecule has 0 heterocycles. The Morgan fingerprint density at radius 2 is 1.68 bits per heavy atom. The van der Waals surface area contributed by atoms with Crippen molar-refractivity contribution < 1.29 is 9.53 Å². The standard InChI is InChI=1S/C22H35ClO2/c1-8-11-12-19(20(23)24)25-18-14-13-16(21(4,5)9-2)15-17(18)22(6,7)10-3/h13-15,19H,8-12H2,1-7H3. The molecule has 0 saturated heterocycles. The largest absolute Gasteiger partial charge is 0.481 e. The molecular formula is C22H35ClO2. The van der Waals surface area contributed by atoms with E-state index in [1.54, 1.807) is 0 Å². The van der Waals surface area contributed by atoms with Crippen LogP contribution in [0.2, 0.25) is 0 Å². The average Bonchev–Trinajstić information content (AvgIpc) is 2.58. The van der Waals surface area contributed by atoms with Gasteiger partial charge in [0, 0.05) is 5.56 Å². The maximum Gasteiger partial charge on any atom is 0.262 e. The van der Waals surface area contributed by atoms with Gasteiger partial charge in [0.05, 0.1) is 0 Å². The first-order chi connectivity index (χ1) is 11.6. The third-order valence-electron chi connectivity index (χ3n) is 5.60. The molecule has 0 spiro atoms. The normalized spacial score (nSPS) is 13.6. The maximum atomic E-state index is 11.8. The van der Waals surface area contributed by atoms with Crippen LogP contribution in [0, 0.1) is 0 Å². The van der Waals surface area contributed by atoms with Crippen LogP contribution in [0.15, 0.2) is 18.2 Å². The first-order valence-corrected chi connectivity index (χ1v) is 9.97. The molecule has 0 aliphatic carbocycles. The third kappa shape index (κ3) is 5.74. The second-order valence-electron chi connectivity index (χ2n) is 8.24. The molecule has 1 atom stereocenters. The predicted molar refractivity (Wildman–Crippen MR) is 108 cm³/mol. The average molecular weight is 367 g/mol. The molecule has 1 aromatic carbocycles. The molecule has 2 nitrogen and oxygen atoms in total. The van der Waals surface area contributed by atoms with E-state index in [0.29, 0.717) is 6.42 Å². The number of halogens is 1. The number of unbranched alkanes of at least 4 members (excludes halogenated alkanes) is 1. The van der Waals surface area contributed by atoms with Gasteiger partial charge in [-0.1, -0.05) is 67.0 Å². The summed E-state index contributed by atoms with van der Waals surface area (Å²) in [5.74, 6) is 0.789. The highest BCUT2D eigenvalue weighted by Gasteiger charge is 2.28. The van der Waals surface area contributed by atoms with Crippen molar-refractivity contribution in [3.8, 4) is 5.75 Å². The van der Waals surface area contributed by atoms with E-state index in [-0.39, 0.29) is 10.8 Å². The number of carbonyl (C=O) groups is 1. The van der Waals surface area contributed by atoms with Gasteiger partial charge >= 0.3 is 0 Å². The fourth-order valence-corrected chi connectivity index (χ4v) is 2.89. The van der Waals surface area contributed by atoms with E-state index >= 15 is 0 Å². The molecule has 1 aromatic rings. The summed E-state index contributed by atoms with van der Waals surface area (Å²) in [6.07, 6.45) is 4.09. The van der Waals surface area contributed by atoms with Crippen LogP contribution in [-0.2, 0) is 15.6 Å². The molecule has 0 radical (unpaired) electrons. The van der Waals surface area contributed by atoms with Gasteiger partial charge in [0.1, 0.15) is 5.75 Å². The lowest BCUT2D eigenvalue weighted by Crippen LogP contribution is -2.27. The van der Waals surface area contributed by atoms with Gasteiger partial charge in [-0.25, -0.2) is 0 Å². The summed E-state index contributed by atoms with van der Waals surface area (Å²) >= 11 is 5.79. The molecule has 0 aliphatic rings. The molecule has 1 unspecified atom stereocenters. The van der Waals surface area contributed by atoms with Crippen molar-refractivity contribution in [2.45, 2.75) is 97.5 Å². The second-order valence-corrected chi connectivity index (χ2v) is 8.61. The molecule has 0 fully saturated rings. The van der Waals surface area contributed by atoms with Crippen molar-refractivity contribution in [1.82, 2.24) is 0 Å². The number of hydrogen-bond donors (Lipinski definition) is 0. The SMILES string of the molecule is CCCCC(Oc1ccc(C(C)(C)CC)cc1C(C)(C)CC)C(=O)Cl. The summed E-state index contributed by atoms with van der Waals surface area (Å²) in [4.78, 5) is 11.8. The van der Waals surface area contributed by atoms with Gasteiger partial charge in [-0.15, -0.1) is 0 Å². The van der Waals surface area contributed by atoms with E-state index in [1.807, 2.05) is 6.07 Å². The highest BCUT2D eigenvalue weighted by atomic mass is 35.5. The van der Waals surface area contributed by atoms with Gasteiger partial charge < -0.3 is 4.74 Å². The van der Waals surface area contributed by atoms with Crippen molar-refractivity contribution in [2.24, 2.45) is 0 Å². The van der Waals surface area contributed by atoms with Crippen LogP contribution < -0.4 is 4.74 Å². The fraction of sp³-hybridized carbons (Fsp3) is 0.682. The van der Waals surface area contributed by atoms with Crippen LogP contribution >= 0.6 is 11.6 Å². The molecule has 0 N–H and O–H groups in total. The topological polar surface area (TPSA) is 26.3 Å². The van der Waals surface area contributed by atoms with Gasteiger partial charge in [-0.05, 0) is 59.7 Å². The Balaban J connectivity index is 3.32. The Morgan fingerprint density at radius 1 is 1.08 bits per heavy atom. The molecule has 0 aromatic heterocycles. The van der Waals surface area contributed by atoms with E-state index in [2.05, 4.69) is 60.6 Å². The first kappa shape index (κ1) is 22.0. The molecule has 0 aliphatic heterocycles. The van der Waals surface area contributed by atoms with Crippen LogP contribution in [0.1, 0.15) is 91.7 Å². The van der Waals surface area contributed by atoms with Crippen LogP contribution in [0.25, 0.3) is 0 Å². The lowest BCUT2D eigenvalue weighted by Gasteiger charge is -2.31. The van der Waals surface area contributed by atoms with E-state index < -0.39 is 11.3 Å². The van der Waals surface area contributed by atoms with E-state index in [0.717, 1.165) is 37.0 Å². The predicted octanol–water partition coefficient (Wildman–Crippen LogP) is 6.76. The van der Waals surface area contributed by atoms with Crippen molar-refractivity contribution >= 4 is 16.8 Å². The van der Waals surface area contributed by atoms with Crippen LogP contribution in [0.3, 0.4) is 0 Å². The summed E-state index contributed by atoms with van der Waals surface area (Å²) in [5, 5.41) is -0.410. The van der Waals surface area contributed by atoms with Crippen LogP contribution in [-0.4, -0.2) is 11.3 Å². The Bertz CT molecular complexity index is 575. The Hall–Kier alpha value is -1.02. The smallest absolute Gasteiger partial charge is 0.262 e. The molecule has 3 heteroatoms. The molecule has 0 bridgehead atoms. The second kappa shape index (κ2) is 9.07. The molecule has 25 heavy (non-hydrogen) atoms. The molecule has 0 saturated carbocycles. The van der Waals surface area contributed by atoms with Crippen molar-refractivity contribution in [1.29, 1.82) is 0 Å². The minimum absolute atomic E-state index is 0.0279. The number of hydrogen-bond acceptors (Lipinski definition) is 2. The number of ether oxygens (including phenoxy) is 1. The van der Waals surface area contributed by atoms with Gasteiger partial charge in [0.25, 0.3) is 5.24 Å². The highest BCUT2D eigenvalue weighted by molar-refractivity contribution is 6.64. The van der Waals surface area contributed by atoms with Crippen LogP contribution in [0.5, 0.6) is 5.75 Å². The number of carbonyl (C=O) groups excluding carboxylic acids is 1. The molecule has 0 amide bonds. The highest BCUT2D eigenvalue weighted by Crippen LogP contribution is 2.39. The molecule has 142 valence electrons. The molecular weight excluding hydrogens is 332 g/mol. The van der Waals surface area contributed by atoms with E-state index in [1.165, 1.54) is 5.56 Å². The third-order valence-corrected chi connectivity index (χ3v) is 5.84. The lowest BCUT2D eigenvalue weighted by atomic mass is 9.76. The van der Waals surface area contributed by atoms with E-state index in [9.17, 15) is 4.79 Å². The van der Waals surface area contributed by atoms with Crippen LogP contribution in [0.4, 0.5) is 0 Å². The minimum atomic E-state index is -0.571. The van der Waals surface area contributed by atoms with Gasteiger partial charge in [0.15, 0.2) is 6.10 Å². The summed E-state index contributed by atoms with van der Waals surface area (Å²) in [5.41, 5.74) is 2.55. The van der Waals surface area contributed by atoms with Gasteiger partial charge in [-0.3, -0.25) is 4.79 Å². The van der Waals surface area contributed by atoms with Crippen molar-refractivity contribution in [2.75, 3.05) is 0 Å². The quantitative estimate of drug-likeness (QED) is 0.427. The summed E-state index contributed by atoms with van der Waals surface area (Å²) in [7, 11) is 0. The zero-order chi connectivity index (χ0) is 19.3. The lowest BCUT2D eigenvalue weighted by molar-refractivity contribution is -0.118. The van der Waals surface area contributed by atoms with Crippen molar-refractivity contribution in [3.63, 3.8) is 0 Å². The summed E-state index contributed by atoms with van der Waals surface area (Å²) in [6.45, 7) is 15.5. The first-order valence-electron chi connectivity index (χ1n) is 9.60. The number of rotatable bonds is 10. The Morgan fingerprint density at radius 3 is 2.16 bits per heavy atom.